The van der Waals surface area contributed by atoms with Crippen molar-refractivity contribution in [1.82, 2.24) is 4.90 Å². The van der Waals surface area contributed by atoms with Gasteiger partial charge in [-0.25, -0.2) is 12.8 Å². The van der Waals surface area contributed by atoms with Gasteiger partial charge in [-0.05, 0) is 30.3 Å². The van der Waals surface area contributed by atoms with Crippen LogP contribution >= 0.6 is 0 Å². The lowest BCUT2D eigenvalue weighted by Crippen LogP contribution is -2.49. The van der Waals surface area contributed by atoms with Crippen LogP contribution < -0.4 is 9.80 Å². The van der Waals surface area contributed by atoms with Crippen molar-refractivity contribution in [3.05, 3.63) is 53.3 Å². The van der Waals surface area contributed by atoms with Crippen LogP contribution in [0.5, 0.6) is 0 Å². The molecule has 2 heterocycles. The maximum atomic E-state index is 14.7. The van der Waals surface area contributed by atoms with E-state index in [0.29, 0.717) is 38.1 Å². The molecule has 2 aromatic carbocycles. The minimum Gasteiger partial charge on any atom is -0.378 e. The molecule has 2 aromatic rings. The molecular formula is C24H27F4N3O6S. The van der Waals surface area contributed by atoms with Crippen LogP contribution in [0, 0.1) is 5.82 Å². The molecule has 0 saturated carbocycles. The van der Waals surface area contributed by atoms with Crippen molar-refractivity contribution in [2.24, 2.45) is 0 Å². The van der Waals surface area contributed by atoms with Gasteiger partial charge in [-0.3, -0.25) is 4.79 Å². The number of anilines is 2. The van der Waals surface area contributed by atoms with Gasteiger partial charge in [-0.15, -0.1) is 0 Å². The maximum absolute atomic E-state index is 14.7. The Morgan fingerprint density at radius 1 is 0.895 bits per heavy atom. The Morgan fingerprint density at radius 2 is 1.47 bits per heavy atom. The molecule has 2 aliphatic rings. The molecule has 0 radical (unpaired) electrons. The van der Waals surface area contributed by atoms with Gasteiger partial charge in [0.05, 0.1) is 29.4 Å². The normalized spacial score (nSPS) is 17.6. The molecule has 0 aliphatic carbocycles. The standard InChI is InChI=1S/C24H27F4N3O6S/c1-38(35,36)17-3-5-20(30-10-12-37-13-11-30)18(15-17)22(32)31-8-6-29(7-9-31)21-4-2-16(14-19(21)25)23(33,34)24(26,27)28/h2-5,14-15,33-34H,6-13H2,1H3. The van der Waals surface area contributed by atoms with Crippen molar-refractivity contribution in [2.75, 3.05) is 68.5 Å². The lowest BCUT2D eigenvalue weighted by molar-refractivity contribution is -0.358. The number of carbonyl (C=O) groups is 1. The van der Waals surface area contributed by atoms with E-state index in [1.54, 1.807) is 6.07 Å². The fraction of sp³-hybridized carbons (Fsp3) is 0.458. The summed E-state index contributed by atoms with van der Waals surface area (Å²) in [6, 6.07) is 6.64. The van der Waals surface area contributed by atoms with E-state index in [0.717, 1.165) is 18.4 Å². The smallest absolute Gasteiger partial charge is 0.378 e. The third-order valence-electron chi connectivity index (χ3n) is 6.63. The quantitative estimate of drug-likeness (QED) is 0.420. The summed E-state index contributed by atoms with van der Waals surface area (Å²) in [6.07, 6.45) is -4.36. The number of sulfone groups is 1. The first kappa shape index (κ1) is 28.1. The summed E-state index contributed by atoms with van der Waals surface area (Å²) < 4.78 is 83.0. The van der Waals surface area contributed by atoms with Crippen molar-refractivity contribution in [3.63, 3.8) is 0 Å². The molecule has 208 valence electrons. The molecule has 0 spiro atoms. The van der Waals surface area contributed by atoms with Gasteiger partial charge >= 0.3 is 6.18 Å². The highest BCUT2D eigenvalue weighted by atomic mass is 32.2. The molecule has 9 nitrogen and oxygen atoms in total. The average molecular weight is 562 g/mol. The number of hydrogen-bond donors (Lipinski definition) is 2. The van der Waals surface area contributed by atoms with E-state index in [-0.39, 0.29) is 42.3 Å². The Hall–Kier alpha value is -2.94. The van der Waals surface area contributed by atoms with Gasteiger partial charge < -0.3 is 29.6 Å². The minimum atomic E-state index is -5.42. The Kier molecular flexibility index (Phi) is 7.63. The fourth-order valence-corrected chi connectivity index (χ4v) is 5.11. The molecule has 2 saturated heterocycles. The van der Waals surface area contributed by atoms with Gasteiger partial charge in [0.15, 0.2) is 9.84 Å². The third kappa shape index (κ3) is 5.58. The van der Waals surface area contributed by atoms with E-state index in [1.807, 2.05) is 4.90 Å². The number of amides is 1. The lowest BCUT2D eigenvalue weighted by atomic mass is 10.0. The van der Waals surface area contributed by atoms with Crippen LogP contribution in [0.4, 0.5) is 28.9 Å². The molecule has 0 atom stereocenters. The van der Waals surface area contributed by atoms with E-state index in [2.05, 4.69) is 0 Å². The highest BCUT2D eigenvalue weighted by molar-refractivity contribution is 7.90. The first-order valence-corrected chi connectivity index (χ1v) is 13.6. The Labute approximate surface area is 216 Å². The molecule has 38 heavy (non-hydrogen) atoms. The lowest BCUT2D eigenvalue weighted by Gasteiger charge is -2.37. The third-order valence-corrected chi connectivity index (χ3v) is 7.74. The fourth-order valence-electron chi connectivity index (χ4n) is 4.46. The summed E-state index contributed by atoms with van der Waals surface area (Å²) in [4.78, 5) is 18.5. The van der Waals surface area contributed by atoms with E-state index in [4.69, 9.17) is 4.74 Å². The predicted molar refractivity (Wildman–Crippen MR) is 129 cm³/mol. The van der Waals surface area contributed by atoms with Crippen LogP contribution in [0.3, 0.4) is 0 Å². The molecular weight excluding hydrogens is 534 g/mol. The highest BCUT2D eigenvalue weighted by Crippen LogP contribution is 2.38. The molecule has 0 bridgehead atoms. The van der Waals surface area contributed by atoms with Gasteiger partial charge in [0.1, 0.15) is 5.82 Å². The number of piperazine rings is 1. The van der Waals surface area contributed by atoms with Gasteiger partial charge in [0, 0.05) is 56.8 Å². The number of alkyl halides is 3. The average Bonchev–Trinajstić information content (AvgIpc) is 2.87. The molecule has 2 aliphatic heterocycles. The summed E-state index contributed by atoms with van der Waals surface area (Å²) in [7, 11) is -3.58. The number of rotatable bonds is 5. The second-order valence-corrected chi connectivity index (χ2v) is 11.2. The Balaban J connectivity index is 1.53. The topological polar surface area (TPSA) is 111 Å². The first-order chi connectivity index (χ1) is 17.7. The van der Waals surface area contributed by atoms with Crippen molar-refractivity contribution < 1.29 is 45.7 Å². The van der Waals surface area contributed by atoms with Gasteiger partial charge in [0.25, 0.3) is 11.7 Å². The van der Waals surface area contributed by atoms with Crippen LogP contribution in [-0.4, -0.2) is 94.4 Å². The summed E-state index contributed by atoms with van der Waals surface area (Å²) in [5.74, 6) is -5.67. The number of aliphatic hydroxyl groups is 2. The molecule has 2 N–H and O–H groups in total. The van der Waals surface area contributed by atoms with Gasteiger partial charge in [0.2, 0.25) is 0 Å². The van der Waals surface area contributed by atoms with Crippen LogP contribution in [0.1, 0.15) is 15.9 Å². The summed E-state index contributed by atoms with van der Waals surface area (Å²) in [5.41, 5.74) is -0.308. The van der Waals surface area contributed by atoms with Crippen LogP contribution in [0.15, 0.2) is 41.3 Å². The summed E-state index contributed by atoms with van der Waals surface area (Å²) >= 11 is 0. The molecule has 1 amide bonds. The molecule has 0 aromatic heterocycles. The van der Waals surface area contributed by atoms with Crippen molar-refractivity contribution in [2.45, 2.75) is 16.9 Å². The van der Waals surface area contributed by atoms with Crippen molar-refractivity contribution >= 4 is 27.1 Å². The molecule has 4 rings (SSSR count). The van der Waals surface area contributed by atoms with Crippen LogP contribution in [-0.2, 0) is 20.4 Å². The van der Waals surface area contributed by atoms with Crippen LogP contribution in [0.25, 0.3) is 0 Å². The molecule has 14 heteroatoms. The second-order valence-electron chi connectivity index (χ2n) is 9.17. The van der Waals surface area contributed by atoms with E-state index >= 15 is 0 Å². The first-order valence-electron chi connectivity index (χ1n) is 11.7. The zero-order valence-electron chi connectivity index (χ0n) is 20.4. The van der Waals surface area contributed by atoms with Gasteiger partial charge in [-0.1, -0.05) is 6.07 Å². The number of hydrogen-bond acceptors (Lipinski definition) is 8. The molecule has 2 fully saturated rings. The Bertz CT molecular complexity index is 1300. The maximum Gasteiger partial charge on any atom is 0.447 e. The highest BCUT2D eigenvalue weighted by Gasteiger charge is 2.54. The van der Waals surface area contributed by atoms with E-state index in [1.165, 1.54) is 21.9 Å². The van der Waals surface area contributed by atoms with Crippen molar-refractivity contribution in [1.29, 1.82) is 0 Å². The number of ether oxygens (including phenoxy) is 1. The minimum absolute atomic E-state index is 0.00126. The van der Waals surface area contributed by atoms with Gasteiger partial charge in [-0.2, -0.15) is 13.2 Å². The Morgan fingerprint density at radius 3 is 2.03 bits per heavy atom. The number of morpholine rings is 1. The number of carbonyl (C=O) groups excluding carboxylic acids is 1. The molecule has 0 unspecified atom stereocenters. The number of halogens is 4. The summed E-state index contributed by atoms with van der Waals surface area (Å²) in [5, 5.41) is 18.8. The largest absolute Gasteiger partial charge is 0.447 e. The van der Waals surface area contributed by atoms with E-state index < -0.39 is 39.1 Å². The summed E-state index contributed by atoms with van der Waals surface area (Å²) in [6.45, 7) is 2.53. The number of nitrogens with zero attached hydrogens (tertiary/aromatic N) is 3. The van der Waals surface area contributed by atoms with Crippen molar-refractivity contribution in [3.8, 4) is 0 Å². The van der Waals surface area contributed by atoms with E-state index in [9.17, 15) is 41.0 Å². The monoisotopic (exact) mass is 561 g/mol. The second kappa shape index (κ2) is 10.3. The zero-order chi connectivity index (χ0) is 27.9. The zero-order valence-corrected chi connectivity index (χ0v) is 21.2. The predicted octanol–water partition coefficient (Wildman–Crippen LogP) is 1.73. The number of benzene rings is 2. The SMILES string of the molecule is CS(=O)(=O)c1ccc(N2CCOCC2)c(C(=O)N2CCN(c3ccc(C(O)(O)C(F)(F)F)cc3F)CC2)c1. The van der Waals surface area contributed by atoms with Crippen LogP contribution in [0.2, 0.25) is 0 Å².